The van der Waals surface area contributed by atoms with Gasteiger partial charge in [0, 0.05) is 39.9 Å². The van der Waals surface area contributed by atoms with Gasteiger partial charge in [0.2, 0.25) is 0 Å². The number of rotatable bonds is 1. The first-order valence-corrected chi connectivity index (χ1v) is 10.0. The van der Waals surface area contributed by atoms with Crippen LogP contribution in [0.25, 0.3) is 22.3 Å². The second kappa shape index (κ2) is 6.60. The topological polar surface area (TPSA) is 364 Å². The van der Waals surface area contributed by atoms with Crippen LogP contribution in [0.4, 0.5) is 68.2 Å². The van der Waals surface area contributed by atoms with Gasteiger partial charge >= 0.3 is 0 Å². The van der Waals surface area contributed by atoms with Gasteiger partial charge in [-0.25, -0.2) is 0 Å². The number of hydrogen-bond donors (Lipinski definition) is 14. The number of benzene rings is 3. The molecule has 3 aromatic carbocycles. The van der Waals surface area contributed by atoms with E-state index in [1.54, 1.807) is 0 Å². The maximum Gasteiger partial charge on any atom is 0.0845 e. The Morgan fingerprint density at radius 3 is 0.853 bits per heavy atom. The molecule has 1 aliphatic rings. The Morgan fingerprint density at radius 2 is 0.588 bits per heavy atom. The lowest BCUT2D eigenvalue weighted by Gasteiger charge is -2.35. The standard InChI is InChI=1S/C20H30N14/c21-1-20(34)6-4(10(24)16(30)18(32)12(6)26)2-3(9(23)15(29)14(28)8(2)22)5-7(20)13(27)19(33)17(31)11(5)25/h1,21-34H2. The van der Waals surface area contributed by atoms with Crippen LogP contribution in [0.2, 0.25) is 0 Å². The van der Waals surface area contributed by atoms with Gasteiger partial charge in [0.05, 0.1) is 73.8 Å². The SMILES string of the molecule is NCC1(N)c2c(N)c(N)c(N)c(N)c2-c2c(N)c(N)c(N)c(N)c2-c2c(N)c(N)c(N)c(N)c21. The molecule has 0 unspecified atom stereocenters. The Labute approximate surface area is 194 Å². The average Bonchev–Trinajstić information content (AvgIpc) is 2.92. The van der Waals surface area contributed by atoms with E-state index in [-0.39, 0.29) is 108 Å². The fourth-order valence-corrected chi connectivity index (χ4v) is 4.78. The number of hydrogen-bond acceptors (Lipinski definition) is 14. The molecule has 0 aromatic heterocycles. The molecule has 3 aromatic rings. The van der Waals surface area contributed by atoms with E-state index in [1.165, 1.54) is 0 Å². The molecule has 14 nitrogen and oxygen atoms in total. The van der Waals surface area contributed by atoms with Crippen molar-refractivity contribution in [2.24, 2.45) is 11.5 Å². The van der Waals surface area contributed by atoms with Crippen LogP contribution >= 0.6 is 0 Å². The summed E-state index contributed by atoms with van der Waals surface area (Å²) in [6, 6.07) is 0. The average molecular weight is 467 g/mol. The highest BCUT2D eigenvalue weighted by Crippen LogP contribution is 2.61. The molecule has 0 amide bonds. The lowest BCUT2D eigenvalue weighted by atomic mass is 9.77. The van der Waals surface area contributed by atoms with Crippen molar-refractivity contribution in [2.45, 2.75) is 5.54 Å². The highest BCUT2D eigenvalue weighted by Gasteiger charge is 2.45. The van der Waals surface area contributed by atoms with Gasteiger partial charge in [-0.1, -0.05) is 0 Å². The van der Waals surface area contributed by atoms with Gasteiger partial charge in [-0.05, 0) is 0 Å². The zero-order chi connectivity index (χ0) is 25.6. The first-order valence-electron chi connectivity index (χ1n) is 10.0. The minimum Gasteiger partial charge on any atom is -0.397 e. The Kier molecular flexibility index (Phi) is 4.34. The first kappa shape index (κ1) is 22.4. The van der Waals surface area contributed by atoms with Crippen molar-refractivity contribution in [3.63, 3.8) is 0 Å². The predicted molar refractivity (Wildman–Crippen MR) is 144 cm³/mol. The molecular formula is C20H30N14. The highest BCUT2D eigenvalue weighted by atomic mass is 14.9. The van der Waals surface area contributed by atoms with Gasteiger partial charge in [0.1, 0.15) is 0 Å². The van der Waals surface area contributed by atoms with Crippen LogP contribution in [-0.2, 0) is 5.54 Å². The number of fused-ring (bicyclic) bond motifs is 5. The van der Waals surface area contributed by atoms with E-state index >= 15 is 0 Å². The Morgan fingerprint density at radius 1 is 0.353 bits per heavy atom. The molecule has 34 heavy (non-hydrogen) atoms. The van der Waals surface area contributed by atoms with Crippen LogP contribution in [-0.4, -0.2) is 6.54 Å². The van der Waals surface area contributed by atoms with Crippen LogP contribution in [0.15, 0.2) is 0 Å². The quantitative estimate of drug-likeness (QED) is 0.181. The minimum absolute atomic E-state index is 0.000803. The van der Waals surface area contributed by atoms with E-state index in [0.29, 0.717) is 0 Å². The zero-order valence-corrected chi connectivity index (χ0v) is 18.3. The highest BCUT2D eigenvalue weighted by molar-refractivity contribution is 6.18. The largest absolute Gasteiger partial charge is 0.397 e. The molecule has 0 bridgehead atoms. The normalized spacial score (nSPS) is 13.6. The predicted octanol–water partition coefficient (Wildman–Crippen LogP) is -1.52. The minimum atomic E-state index is -1.65. The summed E-state index contributed by atoms with van der Waals surface area (Å²) in [5.74, 6) is 0. The Bertz CT molecular complexity index is 1320. The van der Waals surface area contributed by atoms with Crippen LogP contribution in [0, 0.1) is 0 Å². The molecule has 0 fully saturated rings. The van der Waals surface area contributed by atoms with E-state index < -0.39 is 5.54 Å². The molecule has 0 radical (unpaired) electrons. The third-order valence-corrected chi connectivity index (χ3v) is 6.69. The molecule has 0 spiro atoms. The summed E-state index contributed by atoms with van der Waals surface area (Å²) in [5, 5.41) is 0. The van der Waals surface area contributed by atoms with Gasteiger partial charge < -0.3 is 80.3 Å². The third kappa shape index (κ3) is 2.29. The van der Waals surface area contributed by atoms with E-state index in [0.717, 1.165) is 0 Å². The summed E-state index contributed by atoms with van der Waals surface area (Å²) >= 11 is 0. The van der Waals surface area contributed by atoms with Crippen molar-refractivity contribution in [3.05, 3.63) is 11.1 Å². The third-order valence-electron chi connectivity index (χ3n) is 6.69. The van der Waals surface area contributed by atoms with Gasteiger partial charge in [-0.3, -0.25) is 0 Å². The maximum absolute atomic E-state index is 6.98. The van der Waals surface area contributed by atoms with Gasteiger partial charge in [0.15, 0.2) is 0 Å². The number of nitrogen functional groups attached to an aromatic ring is 12. The van der Waals surface area contributed by atoms with Gasteiger partial charge in [0.25, 0.3) is 0 Å². The summed E-state index contributed by atoms with van der Waals surface area (Å²) in [6.07, 6.45) is 0. The maximum atomic E-state index is 6.98. The molecule has 0 saturated heterocycles. The fraction of sp³-hybridized carbons (Fsp3) is 0.100. The fourth-order valence-electron chi connectivity index (χ4n) is 4.78. The van der Waals surface area contributed by atoms with Crippen molar-refractivity contribution < 1.29 is 0 Å². The molecule has 0 aliphatic heterocycles. The molecular weight excluding hydrogens is 436 g/mol. The summed E-state index contributed by atoms with van der Waals surface area (Å²) in [7, 11) is 0. The molecule has 180 valence electrons. The second-order valence-electron chi connectivity index (χ2n) is 8.39. The number of anilines is 12. The number of nitrogens with two attached hydrogens (primary N) is 14. The molecule has 14 heteroatoms. The van der Waals surface area contributed by atoms with Crippen molar-refractivity contribution >= 4 is 68.2 Å². The Hall–Kier alpha value is -4.82. The van der Waals surface area contributed by atoms with Crippen molar-refractivity contribution in [2.75, 3.05) is 75.3 Å². The van der Waals surface area contributed by atoms with E-state index in [2.05, 4.69) is 0 Å². The molecule has 4 rings (SSSR count). The van der Waals surface area contributed by atoms with Gasteiger partial charge in [-0.2, -0.15) is 0 Å². The summed E-state index contributed by atoms with van der Waals surface area (Å²) in [6.45, 7) is -0.244. The van der Waals surface area contributed by atoms with Crippen LogP contribution in [0.1, 0.15) is 11.1 Å². The molecule has 1 aliphatic carbocycles. The van der Waals surface area contributed by atoms with Crippen molar-refractivity contribution in [3.8, 4) is 22.3 Å². The summed E-state index contributed by atoms with van der Waals surface area (Å²) in [4.78, 5) is 0. The van der Waals surface area contributed by atoms with Crippen LogP contribution < -0.4 is 80.3 Å². The molecule has 0 atom stereocenters. The summed E-state index contributed by atoms with van der Waals surface area (Å²) in [5.41, 5.74) is 89.0. The van der Waals surface area contributed by atoms with Crippen LogP contribution in [0.5, 0.6) is 0 Å². The van der Waals surface area contributed by atoms with Crippen LogP contribution in [0.3, 0.4) is 0 Å². The molecule has 0 heterocycles. The lowest BCUT2D eigenvalue weighted by Crippen LogP contribution is -2.47. The smallest absolute Gasteiger partial charge is 0.0845 e. The summed E-state index contributed by atoms with van der Waals surface area (Å²) < 4.78 is 0. The molecule has 0 saturated carbocycles. The van der Waals surface area contributed by atoms with E-state index in [4.69, 9.17) is 80.3 Å². The van der Waals surface area contributed by atoms with Gasteiger partial charge in [-0.15, -0.1) is 0 Å². The molecule has 28 N–H and O–H groups in total. The van der Waals surface area contributed by atoms with Crippen molar-refractivity contribution in [1.29, 1.82) is 0 Å². The first-order chi connectivity index (χ1) is 15.7. The van der Waals surface area contributed by atoms with Crippen molar-refractivity contribution in [1.82, 2.24) is 0 Å². The second-order valence-corrected chi connectivity index (χ2v) is 8.39. The monoisotopic (exact) mass is 466 g/mol. The van der Waals surface area contributed by atoms with E-state index in [9.17, 15) is 0 Å². The Balaban J connectivity index is 2.52. The van der Waals surface area contributed by atoms with E-state index in [1.807, 2.05) is 0 Å². The zero-order valence-electron chi connectivity index (χ0n) is 18.3. The lowest BCUT2D eigenvalue weighted by molar-refractivity contribution is 0.560.